The van der Waals surface area contributed by atoms with Crippen LogP contribution in [-0.2, 0) is 20.4 Å². The standard InChI is InChI=1S/C8H19N.Pd/c1-3-5-6-8(4-2)7-9;/h8H,3-7,9H2,1-2H3;. The van der Waals surface area contributed by atoms with E-state index in [-0.39, 0.29) is 20.4 Å². The van der Waals surface area contributed by atoms with Crippen molar-refractivity contribution >= 4 is 0 Å². The van der Waals surface area contributed by atoms with Gasteiger partial charge in [0.2, 0.25) is 0 Å². The molecule has 0 aromatic carbocycles. The Balaban J connectivity index is 0. The second kappa shape index (κ2) is 9.62. The average Bonchev–Trinajstić information content (AvgIpc) is 1.91. The van der Waals surface area contributed by atoms with Gasteiger partial charge in [0.25, 0.3) is 0 Å². The molecule has 2 N–H and O–H groups in total. The Hall–Kier alpha value is 0.622. The van der Waals surface area contributed by atoms with Crippen LogP contribution in [0.4, 0.5) is 0 Å². The number of nitrogens with two attached hydrogens (primary N) is 1. The normalized spacial score (nSPS) is 12.3. The number of hydrogen-bond acceptors (Lipinski definition) is 1. The summed E-state index contributed by atoms with van der Waals surface area (Å²) in [7, 11) is 0. The summed E-state index contributed by atoms with van der Waals surface area (Å²) in [6, 6.07) is 0. The summed E-state index contributed by atoms with van der Waals surface area (Å²) < 4.78 is 0. The molecule has 0 radical (unpaired) electrons. The van der Waals surface area contributed by atoms with Crippen LogP contribution in [0, 0.1) is 5.92 Å². The third-order valence-corrected chi connectivity index (χ3v) is 1.88. The van der Waals surface area contributed by atoms with Crippen molar-refractivity contribution < 1.29 is 20.4 Å². The average molecular weight is 236 g/mol. The summed E-state index contributed by atoms with van der Waals surface area (Å²) in [5, 5.41) is 0. The molecule has 1 unspecified atom stereocenters. The van der Waals surface area contributed by atoms with E-state index in [1.807, 2.05) is 0 Å². The van der Waals surface area contributed by atoms with Gasteiger partial charge >= 0.3 is 0 Å². The molecule has 2 heteroatoms. The number of rotatable bonds is 5. The molecule has 0 aliphatic rings. The van der Waals surface area contributed by atoms with Gasteiger partial charge in [-0.1, -0.05) is 33.1 Å². The summed E-state index contributed by atoms with van der Waals surface area (Å²) in [6.45, 7) is 5.31. The predicted molar refractivity (Wildman–Crippen MR) is 42.4 cm³/mol. The molecule has 0 fully saturated rings. The summed E-state index contributed by atoms with van der Waals surface area (Å²) in [4.78, 5) is 0. The minimum Gasteiger partial charge on any atom is -0.330 e. The Morgan fingerprint density at radius 3 is 2.20 bits per heavy atom. The summed E-state index contributed by atoms with van der Waals surface area (Å²) in [5.74, 6) is 0.782. The molecule has 0 bridgehead atoms. The van der Waals surface area contributed by atoms with Crippen molar-refractivity contribution in [3.63, 3.8) is 0 Å². The van der Waals surface area contributed by atoms with Gasteiger partial charge in [0.1, 0.15) is 0 Å². The van der Waals surface area contributed by atoms with Crippen LogP contribution in [-0.4, -0.2) is 6.54 Å². The Morgan fingerprint density at radius 2 is 1.90 bits per heavy atom. The molecule has 0 rings (SSSR count). The molecule has 1 nitrogen and oxygen atoms in total. The van der Waals surface area contributed by atoms with Crippen LogP contribution in [0.5, 0.6) is 0 Å². The zero-order chi connectivity index (χ0) is 7.11. The second-order valence-electron chi connectivity index (χ2n) is 2.65. The molecule has 0 saturated carbocycles. The van der Waals surface area contributed by atoms with E-state index in [1.54, 1.807) is 0 Å². The molecule has 0 aromatic heterocycles. The van der Waals surface area contributed by atoms with Crippen molar-refractivity contribution in [2.45, 2.75) is 39.5 Å². The summed E-state index contributed by atoms with van der Waals surface area (Å²) >= 11 is 0. The van der Waals surface area contributed by atoms with E-state index in [2.05, 4.69) is 13.8 Å². The van der Waals surface area contributed by atoms with Gasteiger partial charge in [-0.25, -0.2) is 0 Å². The van der Waals surface area contributed by atoms with Crippen molar-refractivity contribution in [3.8, 4) is 0 Å². The van der Waals surface area contributed by atoms with E-state index < -0.39 is 0 Å². The van der Waals surface area contributed by atoms with E-state index in [4.69, 9.17) is 5.73 Å². The molecular weight excluding hydrogens is 217 g/mol. The first kappa shape index (κ1) is 13.2. The van der Waals surface area contributed by atoms with Crippen molar-refractivity contribution in [2.24, 2.45) is 11.7 Å². The fourth-order valence-electron chi connectivity index (χ4n) is 0.981. The minimum atomic E-state index is 0. The summed E-state index contributed by atoms with van der Waals surface area (Å²) in [6.07, 6.45) is 5.21. The van der Waals surface area contributed by atoms with Gasteiger partial charge in [-0.2, -0.15) is 0 Å². The van der Waals surface area contributed by atoms with Crippen LogP contribution < -0.4 is 5.73 Å². The van der Waals surface area contributed by atoms with Gasteiger partial charge in [-0.15, -0.1) is 0 Å². The smallest absolute Gasteiger partial charge is 0 e. The molecule has 0 amide bonds. The van der Waals surface area contributed by atoms with Crippen LogP contribution in [0.1, 0.15) is 39.5 Å². The van der Waals surface area contributed by atoms with Crippen molar-refractivity contribution in [1.82, 2.24) is 0 Å². The van der Waals surface area contributed by atoms with E-state index in [0.29, 0.717) is 0 Å². The van der Waals surface area contributed by atoms with Gasteiger partial charge in [-0.05, 0) is 18.9 Å². The van der Waals surface area contributed by atoms with E-state index in [9.17, 15) is 0 Å². The Kier molecular flexibility index (Phi) is 12.7. The number of unbranched alkanes of at least 4 members (excludes halogenated alkanes) is 1. The quantitative estimate of drug-likeness (QED) is 0.726. The zero-order valence-corrected chi connectivity index (χ0v) is 8.56. The maximum atomic E-state index is 5.52. The van der Waals surface area contributed by atoms with Gasteiger partial charge < -0.3 is 5.73 Å². The largest absolute Gasteiger partial charge is 0.330 e. The Labute approximate surface area is 78.4 Å². The first-order valence-corrected chi connectivity index (χ1v) is 4.05. The van der Waals surface area contributed by atoms with Gasteiger partial charge in [-0.3, -0.25) is 0 Å². The third kappa shape index (κ3) is 6.74. The molecule has 0 saturated heterocycles. The topological polar surface area (TPSA) is 26.0 Å². The van der Waals surface area contributed by atoms with Gasteiger partial charge in [0.05, 0.1) is 0 Å². The molecule has 0 aromatic rings. The maximum Gasteiger partial charge on any atom is 0 e. The maximum absolute atomic E-state index is 5.52. The molecule has 66 valence electrons. The first-order valence-electron chi connectivity index (χ1n) is 4.05. The summed E-state index contributed by atoms with van der Waals surface area (Å²) in [5.41, 5.74) is 5.52. The first-order chi connectivity index (χ1) is 4.35. The molecule has 0 aliphatic heterocycles. The molecular formula is C8H19NPd. The van der Waals surface area contributed by atoms with Gasteiger partial charge in [0.15, 0.2) is 0 Å². The molecule has 0 spiro atoms. The predicted octanol–water partition coefficient (Wildman–Crippen LogP) is 2.16. The SMILES string of the molecule is CCCCC(CC)CN.[Pd]. The van der Waals surface area contributed by atoms with E-state index in [0.717, 1.165) is 12.5 Å². The van der Waals surface area contributed by atoms with Crippen LogP contribution in [0.25, 0.3) is 0 Å². The number of hydrogen-bond donors (Lipinski definition) is 1. The molecule has 10 heavy (non-hydrogen) atoms. The van der Waals surface area contributed by atoms with Crippen LogP contribution in [0.15, 0.2) is 0 Å². The molecule has 1 atom stereocenters. The Morgan fingerprint density at radius 1 is 1.30 bits per heavy atom. The third-order valence-electron chi connectivity index (χ3n) is 1.88. The van der Waals surface area contributed by atoms with Crippen LogP contribution in [0.3, 0.4) is 0 Å². The van der Waals surface area contributed by atoms with E-state index >= 15 is 0 Å². The van der Waals surface area contributed by atoms with Crippen LogP contribution >= 0.6 is 0 Å². The molecule has 0 heterocycles. The van der Waals surface area contributed by atoms with Crippen molar-refractivity contribution in [1.29, 1.82) is 0 Å². The fraction of sp³-hybridized carbons (Fsp3) is 1.00. The van der Waals surface area contributed by atoms with Crippen LogP contribution in [0.2, 0.25) is 0 Å². The van der Waals surface area contributed by atoms with Crippen molar-refractivity contribution in [3.05, 3.63) is 0 Å². The fourth-order valence-corrected chi connectivity index (χ4v) is 0.981. The van der Waals surface area contributed by atoms with Gasteiger partial charge in [0, 0.05) is 20.4 Å². The van der Waals surface area contributed by atoms with Crippen molar-refractivity contribution in [2.75, 3.05) is 6.54 Å². The Bertz CT molecular complexity index is 53.2. The zero-order valence-electron chi connectivity index (χ0n) is 7.01. The second-order valence-corrected chi connectivity index (χ2v) is 2.65. The molecule has 0 aliphatic carbocycles. The minimum absolute atomic E-state index is 0. The monoisotopic (exact) mass is 235 g/mol. The van der Waals surface area contributed by atoms with E-state index in [1.165, 1.54) is 25.7 Å².